The molecule has 3 aliphatic heterocycles. The van der Waals surface area contributed by atoms with Crippen molar-refractivity contribution in [3.8, 4) is 5.75 Å². The Bertz CT molecular complexity index is 1330. The number of hydrogen-bond acceptors (Lipinski definition) is 4. The van der Waals surface area contributed by atoms with Gasteiger partial charge in [-0.15, -0.1) is 0 Å². The number of halogens is 1. The van der Waals surface area contributed by atoms with E-state index < -0.39 is 5.72 Å². The third-order valence-electron chi connectivity index (χ3n) is 7.27. The molecule has 0 radical (unpaired) electrons. The van der Waals surface area contributed by atoms with Gasteiger partial charge in [-0.1, -0.05) is 35.9 Å². The summed E-state index contributed by atoms with van der Waals surface area (Å²) in [6.45, 7) is 4.75. The summed E-state index contributed by atoms with van der Waals surface area (Å²) >= 11 is 6.18. The van der Waals surface area contributed by atoms with E-state index in [2.05, 4.69) is 22.3 Å². The molecule has 0 saturated carbocycles. The summed E-state index contributed by atoms with van der Waals surface area (Å²) in [5.74, 6) is 0.668. The van der Waals surface area contributed by atoms with Gasteiger partial charge in [0.25, 0.3) is 5.91 Å². The van der Waals surface area contributed by atoms with Crippen molar-refractivity contribution in [1.29, 1.82) is 0 Å². The maximum Gasteiger partial charge on any atom is 0.325 e. The summed E-state index contributed by atoms with van der Waals surface area (Å²) in [5, 5.41) is 3.69. The molecule has 0 unspecified atom stereocenters. The second-order valence-corrected chi connectivity index (χ2v) is 10.1. The number of nitrogens with one attached hydrogen (secondary N) is 1. The molecule has 0 aromatic heterocycles. The Morgan fingerprint density at radius 3 is 2.50 bits per heavy atom. The Balaban J connectivity index is 1.22. The predicted octanol–water partition coefficient (Wildman–Crippen LogP) is 5.07. The molecule has 3 aromatic carbocycles. The van der Waals surface area contributed by atoms with Gasteiger partial charge < -0.3 is 19.9 Å². The van der Waals surface area contributed by atoms with E-state index >= 15 is 0 Å². The number of urea groups is 1. The van der Waals surface area contributed by atoms with Gasteiger partial charge in [0.2, 0.25) is 0 Å². The minimum atomic E-state index is -0.892. The van der Waals surface area contributed by atoms with Crippen LogP contribution in [0.15, 0.2) is 72.8 Å². The molecule has 2 fully saturated rings. The van der Waals surface area contributed by atoms with Crippen LogP contribution in [-0.4, -0.2) is 48.7 Å². The summed E-state index contributed by atoms with van der Waals surface area (Å²) in [6.07, 6.45) is 0.561. The van der Waals surface area contributed by atoms with Crippen molar-refractivity contribution >= 4 is 34.9 Å². The summed E-state index contributed by atoms with van der Waals surface area (Å²) in [4.78, 5) is 32.4. The fourth-order valence-electron chi connectivity index (χ4n) is 5.50. The van der Waals surface area contributed by atoms with Crippen molar-refractivity contribution in [2.24, 2.45) is 0 Å². The Morgan fingerprint density at radius 2 is 1.72 bits per heavy atom. The third kappa shape index (κ3) is 3.93. The quantitative estimate of drug-likeness (QED) is 0.543. The fourth-order valence-corrected chi connectivity index (χ4v) is 5.68. The van der Waals surface area contributed by atoms with Gasteiger partial charge in [0.1, 0.15) is 5.75 Å². The number of benzene rings is 3. The van der Waals surface area contributed by atoms with Crippen molar-refractivity contribution in [2.45, 2.75) is 25.1 Å². The minimum absolute atomic E-state index is 0.0328. The highest BCUT2D eigenvalue weighted by molar-refractivity contribution is 6.30. The number of anilines is 2. The molecule has 36 heavy (non-hydrogen) atoms. The van der Waals surface area contributed by atoms with Crippen LogP contribution in [0.4, 0.5) is 16.2 Å². The van der Waals surface area contributed by atoms with Gasteiger partial charge in [-0.2, -0.15) is 0 Å². The molecule has 184 valence electrons. The van der Waals surface area contributed by atoms with Crippen LogP contribution >= 0.6 is 11.6 Å². The summed E-state index contributed by atoms with van der Waals surface area (Å²) in [7, 11) is 0. The number of nitrogens with zero attached hydrogens (tertiary/aromatic N) is 3. The van der Waals surface area contributed by atoms with E-state index in [9.17, 15) is 9.59 Å². The van der Waals surface area contributed by atoms with Gasteiger partial charge in [0.15, 0.2) is 5.72 Å². The lowest BCUT2D eigenvalue weighted by Crippen LogP contribution is -2.65. The highest BCUT2D eigenvalue weighted by atomic mass is 35.5. The van der Waals surface area contributed by atoms with Crippen molar-refractivity contribution in [1.82, 2.24) is 10.2 Å². The van der Waals surface area contributed by atoms with Crippen LogP contribution in [0.1, 0.15) is 35.3 Å². The predicted molar refractivity (Wildman–Crippen MR) is 140 cm³/mol. The van der Waals surface area contributed by atoms with Gasteiger partial charge in [0, 0.05) is 54.4 Å². The molecule has 3 aromatic rings. The normalized spacial score (nSPS) is 23.0. The molecule has 0 spiro atoms. The van der Waals surface area contributed by atoms with Crippen LogP contribution in [0.5, 0.6) is 5.75 Å². The fraction of sp³-hybridized carbons (Fsp3) is 0.286. The van der Waals surface area contributed by atoms with Crippen LogP contribution in [-0.2, 0) is 0 Å². The van der Waals surface area contributed by atoms with Gasteiger partial charge >= 0.3 is 6.03 Å². The molecule has 2 atom stereocenters. The molecular formula is C28H27ClN4O3. The molecule has 0 aliphatic carbocycles. The zero-order chi connectivity index (χ0) is 24.9. The Kier molecular flexibility index (Phi) is 5.52. The maximum atomic E-state index is 13.4. The van der Waals surface area contributed by atoms with E-state index in [1.54, 1.807) is 23.1 Å². The van der Waals surface area contributed by atoms with Crippen LogP contribution in [0.25, 0.3) is 0 Å². The minimum Gasteiger partial charge on any atom is -0.467 e. The molecule has 2 bridgehead atoms. The lowest BCUT2D eigenvalue weighted by Gasteiger charge is -2.50. The Labute approximate surface area is 215 Å². The van der Waals surface area contributed by atoms with Crippen molar-refractivity contribution in [3.63, 3.8) is 0 Å². The standard InChI is InChI=1S/C28H27ClN4O3/c1-28-18-24(23-17-20(29)10-11-25(23)36-28)30-27(35)33(28)22-9-5-6-19(16-22)26(34)32-14-12-31(13-15-32)21-7-3-2-4-8-21/h2-11,16-17,24H,12-15,18H2,1H3,(H,30,35)/t24-,28-/m1/s1. The first kappa shape index (κ1) is 22.7. The van der Waals surface area contributed by atoms with Gasteiger partial charge in [-0.05, 0) is 55.5 Å². The molecule has 3 heterocycles. The maximum absolute atomic E-state index is 13.4. The first-order valence-electron chi connectivity index (χ1n) is 12.2. The monoisotopic (exact) mass is 502 g/mol. The summed E-state index contributed by atoms with van der Waals surface area (Å²) < 4.78 is 6.36. The smallest absolute Gasteiger partial charge is 0.325 e. The molecule has 1 N–H and O–H groups in total. The average Bonchev–Trinajstić information content (AvgIpc) is 2.89. The largest absolute Gasteiger partial charge is 0.467 e. The van der Waals surface area contributed by atoms with E-state index in [1.807, 2.05) is 54.3 Å². The first-order chi connectivity index (χ1) is 17.4. The number of piperazine rings is 1. The number of carbonyl (C=O) groups is 2. The molecule has 6 rings (SSSR count). The topological polar surface area (TPSA) is 65.1 Å². The van der Waals surface area contributed by atoms with Crippen molar-refractivity contribution in [3.05, 3.63) is 88.9 Å². The van der Waals surface area contributed by atoms with E-state index in [-0.39, 0.29) is 18.0 Å². The number of hydrogen-bond donors (Lipinski definition) is 1. The number of ether oxygens (including phenoxy) is 1. The zero-order valence-corrected chi connectivity index (χ0v) is 20.7. The van der Waals surface area contributed by atoms with Gasteiger partial charge in [-0.25, -0.2) is 4.79 Å². The van der Waals surface area contributed by atoms with E-state index in [1.165, 1.54) is 5.69 Å². The van der Waals surface area contributed by atoms with E-state index in [0.717, 1.165) is 18.7 Å². The molecule has 7 nitrogen and oxygen atoms in total. The van der Waals surface area contributed by atoms with Crippen LogP contribution in [0, 0.1) is 0 Å². The lowest BCUT2D eigenvalue weighted by molar-refractivity contribution is 0.0378. The van der Waals surface area contributed by atoms with Gasteiger partial charge in [0.05, 0.1) is 11.7 Å². The van der Waals surface area contributed by atoms with Crippen LogP contribution in [0.3, 0.4) is 0 Å². The van der Waals surface area contributed by atoms with Crippen molar-refractivity contribution < 1.29 is 14.3 Å². The molecule has 2 saturated heterocycles. The summed E-state index contributed by atoms with van der Waals surface area (Å²) in [5.41, 5.74) is 2.34. The van der Waals surface area contributed by atoms with E-state index in [0.29, 0.717) is 41.5 Å². The number of rotatable bonds is 3. The third-order valence-corrected chi connectivity index (χ3v) is 7.51. The molecule has 3 amide bonds. The van der Waals surface area contributed by atoms with Crippen LogP contribution < -0.4 is 19.9 Å². The summed E-state index contributed by atoms with van der Waals surface area (Å²) in [6, 6.07) is 22.5. The number of carbonyl (C=O) groups excluding carboxylic acids is 2. The Morgan fingerprint density at radius 1 is 0.972 bits per heavy atom. The molecule has 3 aliphatic rings. The SMILES string of the molecule is C[C@@]12C[C@@H](NC(=O)N1c1cccc(C(=O)N3CCN(c4ccccc4)CC3)c1)c1cc(Cl)ccc1O2. The molecule has 8 heteroatoms. The highest BCUT2D eigenvalue weighted by Crippen LogP contribution is 2.46. The highest BCUT2D eigenvalue weighted by Gasteiger charge is 2.50. The zero-order valence-electron chi connectivity index (χ0n) is 20.0. The number of amides is 3. The Hall–Kier alpha value is -3.71. The number of para-hydroxylation sites is 1. The second kappa shape index (κ2) is 8.75. The van der Waals surface area contributed by atoms with E-state index in [4.69, 9.17) is 16.3 Å². The second-order valence-electron chi connectivity index (χ2n) is 9.67. The lowest BCUT2D eigenvalue weighted by atomic mass is 9.90. The average molecular weight is 503 g/mol. The van der Waals surface area contributed by atoms with Crippen LogP contribution in [0.2, 0.25) is 5.02 Å². The van der Waals surface area contributed by atoms with Gasteiger partial charge in [-0.3, -0.25) is 9.69 Å². The first-order valence-corrected chi connectivity index (χ1v) is 12.6. The van der Waals surface area contributed by atoms with Crippen molar-refractivity contribution in [2.75, 3.05) is 36.0 Å². The molecular weight excluding hydrogens is 476 g/mol. The number of fused-ring (bicyclic) bond motifs is 4.